The van der Waals surface area contributed by atoms with Crippen molar-refractivity contribution in [3.63, 3.8) is 0 Å². The van der Waals surface area contributed by atoms with Crippen molar-refractivity contribution in [1.29, 1.82) is 0 Å². The van der Waals surface area contributed by atoms with Crippen LogP contribution in [0, 0.1) is 17.8 Å². The van der Waals surface area contributed by atoms with E-state index in [9.17, 15) is 14.4 Å². The molecular formula is C23H30N3NaO4. The van der Waals surface area contributed by atoms with E-state index in [1.165, 1.54) is 19.3 Å². The van der Waals surface area contributed by atoms with Crippen LogP contribution in [0.1, 0.15) is 44.1 Å². The number of carbonyl (C=O) groups is 3. The summed E-state index contributed by atoms with van der Waals surface area (Å²) in [5.74, 6) is 0.514. The molecule has 1 aromatic carbocycles. The van der Waals surface area contributed by atoms with Gasteiger partial charge in [0.25, 0.3) is 0 Å². The van der Waals surface area contributed by atoms with E-state index in [1.54, 1.807) is 0 Å². The molecule has 1 aliphatic heterocycles. The zero-order chi connectivity index (χ0) is 20.9. The zero-order valence-electron chi connectivity index (χ0n) is 17.0. The van der Waals surface area contributed by atoms with Gasteiger partial charge in [0.1, 0.15) is 18.1 Å². The van der Waals surface area contributed by atoms with Gasteiger partial charge in [0.05, 0.1) is 0 Å². The molecule has 7 nitrogen and oxygen atoms in total. The molecule has 1 saturated heterocycles. The van der Waals surface area contributed by atoms with Crippen LogP contribution in [0.15, 0.2) is 30.3 Å². The van der Waals surface area contributed by atoms with Gasteiger partial charge in [-0.05, 0) is 61.8 Å². The molecule has 162 valence electrons. The number of hydrogen-bond donors (Lipinski definition) is 4. The summed E-state index contributed by atoms with van der Waals surface area (Å²) in [5.41, 5.74) is 0.828. The fraction of sp³-hybridized carbons (Fsp3) is 0.609. The molecule has 0 radical (unpaired) electrons. The molecule has 0 aromatic heterocycles. The monoisotopic (exact) mass is 435 g/mol. The Morgan fingerprint density at radius 1 is 1.00 bits per heavy atom. The molecule has 5 aliphatic rings. The summed E-state index contributed by atoms with van der Waals surface area (Å²) in [7, 11) is 0. The molecule has 4 saturated carbocycles. The Balaban J connectivity index is 0.00000231. The van der Waals surface area contributed by atoms with Gasteiger partial charge in [-0.25, -0.2) is 0 Å². The number of carboxylic acids is 1. The number of carboxylic acid groups (broad SMARTS) is 1. The third kappa shape index (κ3) is 4.85. The van der Waals surface area contributed by atoms with Gasteiger partial charge in [-0.3, -0.25) is 19.7 Å². The Kier molecular flexibility index (Phi) is 6.50. The van der Waals surface area contributed by atoms with E-state index >= 15 is 0 Å². The van der Waals surface area contributed by atoms with E-state index in [0.29, 0.717) is 24.2 Å². The molecule has 31 heavy (non-hydrogen) atoms. The Morgan fingerprint density at radius 2 is 1.58 bits per heavy atom. The van der Waals surface area contributed by atoms with Gasteiger partial charge in [0, 0.05) is 12.0 Å². The van der Waals surface area contributed by atoms with E-state index in [4.69, 9.17) is 5.11 Å². The van der Waals surface area contributed by atoms with Gasteiger partial charge in [-0.2, -0.15) is 0 Å². The molecule has 8 heteroatoms. The molecule has 4 bridgehead atoms. The summed E-state index contributed by atoms with van der Waals surface area (Å²) in [6.45, 7) is 0. The second-order valence-corrected chi connectivity index (χ2v) is 9.90. The first-order valence-electron chi connectivity index (χ1n) is 11.1. The Labute approximate surface area is 204 Å². The van der Waals surface area contributed by atoms with E-state index in [2.05, 4.69) is 16.0 Å². The summed E-state index contributed by atoms with van der Waals surface area (Å²) < 4.78 is 0. The molecule has 3 atom stereocenters. The average molecular weight is 436 g/mol. The molecule has 6 rings (SSSR count). The summed E-state index contributed by atoms with van der Waals surface area (Å²) in [4.78, 5) is 37.0. The SMILES string of the molecule is O=C(NC12CC3CC(CC(C3)C1)C2)[C@H](Cc1ccccc1)NC(=O)[C@H]1N[C@@H]1C(=O)O.[NaH]. The molecule has 0 unspecified atom stereocenters. The first-order valence-corrected chi connectivity index (χ1v) is 11.1. The molecule has 4 aliphatic carbocycles. The van der Waals surface area contributed by atoms with Crippen molar-refractivity contribution in [3.8, 4) is 0 Å². The summed E-state index contributed by atoms with van der Waals surface area (Å²) in [6, 6.07) is 7.26. The number of benzene rings is 1. The van der Waals surface area contributed by atoms with E-state index in [0.717, 1.165) is 24.8 Å². The number of hydrogen-bond acceptors (Lipinski definition) is 4. The van der Waals surface area contributed by atoms with Crippen molar-refractivity contribution in [2.45, 2.75) is 68.6 Å². The van der Waals surface area contributed by atoms with Crippen LogP contribution < -0.4 is 16.0 Å². The van der Waals surface area contributed by atoms with Gasteiger partial charge < -0.3 is 15.7 Å². The van der Waals surface area contributed by atoms with E-state index in [-0.39, 0.29) is 41.0 Å². The van der Waals surface area contributed by atoms with Crippen LogP contribution in [0.25, 0.3) is 0 Å². The zero-order valence-corrected chi connectivity index (χ0v) is 17.0. The minimum atomic E-state index is -1.05. The molecule has 1 aromatic rings. The topological polar surface area (TPSA) is 117 Å². The van der Waals surface area contributed by atoms with E-state index in [1.807, 2.05) is 30.3 Å². The van der Waals surface area contributed by atoms with Gasteiger partial charge in [0.2, 0.25) is 11.8 Å². The maximum absolute atomic E-state index is 13.4. The Hall–Kier alpha value is -1.41. The van der Waals surface area contributed by atoms with E-state index < -0.39 is 30.0 Å². The van der Waals surface area contributed by atoms with Crippen molar-refractivity contribution >= 4 is 47.3 Å². The van der Waals surface area contributed by atoms with Crippen LogP contribution >= 0.6 is 0 Å². The van der Waals surface area contributed by atoms with Crippen LogP contribution in [0.5, 0.6) is 0 Å². The number of nitrogens with one attached hydrogen (secondary N) is 3. The first-order chi connectivity index (χ1) is 14.4. The van der Waals surface area contributed by atoms with Crippen molar-refractivity contribution < 1.29 is 19.5 Å². The standard InChI is InChI=1S/C23H29N3O4.Na.H/c27-20(26-23-10-14-6-15(11-23)8-16(7-14)12-23)17(9-13-4-2-1-3-5-13)24-21(28)18-19(25-18)22(29)30;;/h1-5,14-19,25H,6-12H2,(H,24,28)(H,26,27)(H,29,30);;/t14?,15?,16?,17-,18-,19-,23?;;/m0../s1. The maximum atomic E-state index is 13.4. The van der Waals surface area contributed by atoms with Crippen molar-refractivity contribution in [2.75, 3.05) is 0 Å². The summed E-state index contributed by atoms with van der Waals surface area (Å²) >= 11 is 0. The van der Waals surface area contributed by atoms with Crippen LogP contribution in [0.2, 0.25) is 0 Å². The fourth-order valence-corrected chi connectivity index (χ4v) is 6.51. The van der Waals surface area contributed by atoms with Crippen molar-refractivity contribution in [3.05, 3.63) is 35.9 Å². The first kappa shape index (κ1) is 22.8. The molecule has 2 amide bonds. The third-order valence-electron chi connectivity index (χ3n) is 7.47. The van der Waals surface area contributed by atoms with Crippen LogP contribution in [0.3, 0.4) is 0 Å². The van der Waals surface area contributed by atoms with Gasteiger partial charge in [-0.15, -0.1) is 0 Å². The molecule has 1 heterocycles. The molecule has 0 spiro atoms. The second-order valence-electron chi connectivity index (χ2n) is 9.90. The predicted octanol–water partition coefficient (Wildman–Crippen LogP) is 0.575. The van der Waals surface area contributed by atoms with Crippen molar-refractivity contribution in [1.82, 2.24) is 16.0 Å². The minimum absolute atomic E-state index is 0. The summed E-state index contributed by atoms with van der Waals surface area (Å²) in [6.07, 6.45) is 7.40. The molecule has 5 fully saturated rings. The second kappa shape index (κ2) is 8.85. The van der Waals surface area contributed by atoms with Crippen LogP contribution in [-0.4, -0.2) is 76.1 Å². The van der Waals surface area contributed by atoms with Gasteiger partial charge in [-0.1, -0.05) is 30.3 Å². The fourth-order valence-electron chi connectivity index (χ4n) is 6.51. The van der Waals surface area contributed by atoms with Crippen LogP contribution in [0.4, 0.5) is 0 Å². The Bertz CT molecular complexity index is 826. The number of amides is 2. The van der Waals surface area contributed by atoms with Gasteiger partial charge >= 0.3 is 35.5 Å². The molecule has 4 N–H and O–H groups in total. The number of carbonyl (C=O) groups excluding carboxylic acids is 2. The van der Waals surface area contributed by atoms with Crippen molar-refractivity contribution in [2.24, 2.45) is 17.8 Å². The third-order valence-corrected chi connectivity index (χ3v) is 7.47. The molecular weight excluding hydrogens is 405 g/mol. The summed E-state index contributed by atoms with van der Waals surface area (Å²) in [5, 5.41) is 17.9. The average Bonchev–Trinajstić information content (AvgIpc) is 3.48. The Morgan fingerprint density at radius 3 is 2.10 bits per heavy atom. The van der Waals surface area contributed by atoms with Gasteiger partial charge in [0.15, 0.2) is 0 Å². The predicted molar refractivity (Wildman–Crippen MR) is 117 cm³/mol. The normalized spacial score (nSPS) is 35.5. The number of rotatable bonds is 7. The quantitative estimate of drug-likeness (QED) is 0.369. The van der Waals surface area contributed by atoms with Crippen LogP contribution in [-0.2, 0) is 20.8 Å². The number of aliphatic carboxylic acids is 1.